The van der Waals surface area contributed by atoms with E-state index >= 15 is 0 Å². The van der Waals surface area contributed by atoms with Crippen LogP contribution in [0, 0.1) is 0 Å². The molecule has 1 aromatic carbocycles. The molecule has 0 heterocycles. The van der Waals surface area contributed by atoms with Crippen LogP contribution in [0.4, 0.5) is 0 Å². The largest absolute Gasteiger partial charge is 0.465 e. The van der Waals surface area contributed by atoms with Gasteiger partial charge in [-0.15, -0.1) is 0 Å². The zero-order valence-electron chi connectivity index (χ0n) is 16.9. The van der Waals surface area contributed by atoms with Crippen molar-refractivity contribution in [1.29, 1.82) is 0 Å². The Morgan fingerprint density at radius 1 is 0.964 bits per heavy atom. The molecular weight excluding hydrogens is 348 g/mol. The van der Waals surface area contributed by atoms with Gasteiger partial charge in [0.15, 0.2) is 0 Å². The summed E-state index contributed by atoms with van der Waals surface area (Å²) in [5, 5.41) is 0. The molecule has 146 valence electrons. The monoisotopic (exact) mass is 376 g/mol. The van der Waals surface area contributed by atoms with E-state index < -0.39 is 0 Å². The van der Waals surface area contributed by atoms with Crippen molar-refractivity contribution in [2.75, 3.05) is 13.7 Å². The highest BCUT2D eigenvalue weighted by molar-refractivity contribution is 6.00. The molecule has 0 spiro atoms. The SMILES string of the molecule is COC(=O)c1cc(CCCOCc2ccccc2)c2cccc(C(C)C)cc1-2. The van der Waals surface area contributed by atoms with Crippen LogP contribution in [0.15, 0.2) is 60.7 Å². The highest BCUT2D eigenvalue weighted by Crippen LogP contribution is 2.35. The van der Waals surface area contributed by atoms with Crippen LogP contribution < -0.4 is 0 Å². The van der Waals surface area contributed by atoms with E-state index in [1.807, 2.05) is 24.3 Å². The fourth-order valence-corrected chi connectivity index (χ4v) is 3.44. The Morgan fingerprint density at radius 3 is 2.46 bits per heavy atom. The second-order valence-corrected chi connectivity index (χ2v) is 7.37. The summed E-state index contributed by atoms with van der Waals surface area (Å²) in [5.41, 5.74) is 6.31. The Kier molecular flexibility index (Phi) is 6.83. The van der Waals surface area contributed by atoms with Crippen molar-refractivity contribution in [3.63, 3.8) is 0 Å². The van der Waals surface area contributed by atoms with E-state index in [-0.39, 0.29) is 5.97 Å². The second kappa shape index (κ2) is 9.52. The van der Waals surface area contributed by atoms with Gasteiger partial charge in [0.25, 0.3) is 0 Å². The van der Waals surface area contributed by atoms with Crippen LogP contribution in [0.25, 0.3) is 11.1 Å². The highest BCUT2D eigenvalue weighted by Gasteiger charge is 2.21. The van der Waals surface area contributed by atoms with Gasteiger partial charge >= 0.3 is 5.97 Å². The molecule has 0 amide bonds. The van der Waals surface area contributed by atoms with Crippen molar-refractivity contribution in [3.05, 3.63) is 82.9 Å². The Balaban J connectivity index is 1.72. The van der Waals surface area contributed by atoms with Gasteiger partial charge in [-0.05, 0) is 52.6 Å². The van der Waals surface area contributed by atoms with Crippen molar-refractivity contribution in [2.24, 2.45) is 0 Å². The maximum Gasteiger partial charge on any atom is 0.338 e. The number of benzene rings is 1. The van der Waals surface area contributed by atoms with Crippen molar-refractivity contribution < 1.29 is 14.3 Å². The van der Waals surface area contributed by atoms with Crippen molar-refractivity contribution >= 4 is 5.97 Å². The molecule has 0 N–H and O–H groups in total. The van der Waals surface area contributed by atoms with Crippen LogP contribution >= 0.6 is 0 Å². The Morgan fingerprint density at radius 2 is 1.75 bits per heavy atom. The van der Waals surface area contributed by atoms with Crippen LogP contribution in [-0.2, 0) is 22.5 Å². The molecule has 0 fully saturated rings. The van der Waals surface area contributed by atoms with Crippen LogP contribution in [-0.4, -0.2) is 19.7 Å². The zero-order chi connectivity index (χ0) is 19.9. The number of fused-ring (bicyclic) bond motifs is 1. The first-order valence-electron chi connectivity index (χ1n) is 9.85. The molecule has 3 rings (SSSR count). The molecule has 3 nitrogen and oxygen atoms in total. The predicted octanol–water partition coefficient (Wildman–Crippen LogP) is 5.85. The summed E-state index contributed by atoms with van der Waals surface area (Å²) in [6.07, 6.45) is 1.77. The molecule has 0 saturated carbocycles. The Labute approximate surface area is 167 Å². The molecule has 0 aromatic heterocycles. The van der Waals surface area contributed by atoms with Gasteiger partial charge in [-0.3, -0.25) is 0 Å². The van der Waals surface area contributed by atoms with Crippen LogP contribution in [0.2, 0.25) is 0 Å². The number of carbonyl (C=O) groups excluding carboxylic acids is 1. The van der Waals surface area contributed by atoms with Crippen LogP contribution in [0.3, 0.4) is 0 Å². The number of hydrogen-bond donors (Lipinski definition) is 0. The lowest BCUT2D eigenvalue weighted by molar-refractivity contribution is 0.0602. The normalized spacial score (nSPS) is 11.1. The van der Waals surface area contributed by atoms with Gasteiger partial charge in [0.05, 0.1) is 19.3 Å². The van der Waals surface area contributed by atoms with E-state index in [0.29, 0.717) is 24.7 Å². The van der Waals surface area contributed by atoms with Gasteiger partial charge in [0.1, 0.15) is 0 Å². The molecule has 3 heteroatoms. The third kappa shape index (κ3) is 4.79. The van der Waals surface area contributed by atoms with Gasteiger partial charge in [-0.25, -0.2) is 4.79 Å². The predicted molar refractivity (Wildman–Crippen MR) is 113 cm³/mol. The van der Waals surface area contributed by atoms with E-state index in [0.717, 1.165) is 24.0 Å². The summed E-state index contributed by atoms with van der Waals surface area (Å²) in [6.45, 7) is 5.63. The van der Waals surface area contributed by atoms with E-state index in [1.165, 1.54) is 23.8 Å². The lowest BCUT2D eigenvalue weighted by atomic mass is 10.0. The number of rotatable bonds is 8. The number of carbonyl (C=O) groups is 1. The molecular formula is C25H28O3. The quantitative estimate of drug-likeness (QED) is 0.365. The maximum atomic E-state index is 12.3. The van der Waals surface area contributed by atoms with Gasteiger partial charge in [0.2, 0.25) is 0 Å². The van der Waals surface area contributed by atoms with Crippen LogP contribution in [0.5, 0.6) is 0 Å². The topological polar surface area (TPSA) is 35.5 Å². The van der Waals surface area contributed by atoms with Crippen molar-refractivity contribution in [3.8, 4) is 11.1 Å². The zero-order valence-corrected chi connectivity index (χ0v) is 16.9. The van der Waals surface area contributed by atoms with Crippen LogP contribution in [0.1, 0.15) is 53.2 Å². The highest BCUT2D eigenvalue weighted by atomic mass is 16.5. The van der Waals surface area contributed by atoms with Gasteiger partial charge in [-0.1, -0.05) is 68.4 Å². The fourth-order valence-electron chi connectivity index (χ4n) is 3.44. The second-order valence-electron chi connectivity index (χ2n) is 7.37. The Bertz CT molecular complexity index is 884. The van der Waals surface area contributed by atoms with E-state index in [1.54, 1.807) is 0 Å². The standard InChI is InChI=1S/C25H28O3/c1-18(2)20-11-7-13-22-21(16-24(23(22)15-20)25(26)27-3)12-8-14-28-17-19-9-5-4-6-10-19/h4-7,9-11,13,15-16,18H,8,12,14,17H2,1-3H3. The average molecular weight is 376 g/mol. The lowest BCUT2D eigenvalue weighted by Gasteiger charge is -2.06. The number of hydrogen-bond acceptors (Lipinski definition) is 3. The Hall–Kier alpha value is -2.65. The summed E-state index contributed by atoms with van der Waals surface area (Å²) in [5.74, 6) is 0.114. The number of methoxy groups -OCH3 is 1. The molecule has 28 heavy (non-hydrogen) atoms. The van der Waals surface area contributed by atoms with Gasteiger partial charge < -0.3 is 9.47 Å². The minimum absolute atomic E-state index is 0.280. The molecule has 2 aliphatic rings. The third-order valence-electron chi connectivity index (χ3n) is 5.03. The van der Waals surface area contributed by atoms with E-state index in [9.17, 15) is 4.79 Å². The molecule has 0 aliphatic heterocycles. The summed E-state index contributed by atoms with van der Waals surface area (Å²) in [4.78, 5) is 12.3. The summed E-state index contributed by atoms with van der Waals surface area (Å²) in [6, 6.07) is 20.6. The van der Waals surface area contributed by atoms with E-state index in [4.69, 9.17) is 9.47 Å². The number of esters is 1. The smallest absolute Gasteiger partial charge is 0.338 e. The first-order chi connectivity index (χ1) is 13.6. The van der Waals surface area contributed by atoms with E-state index in [2.05, 4.69) is 50.2 Å². The fraction of sp³-hybridized carbons (Fsp3) is 0.320. The minimum atomic E-state index is -0.280. The summed E-state index contributed by atoms with van der Waals surface area (Å²) >= 11 is 0. The van der Waals surface area contributed by atoms with Crippen molar-refractivity contribution in [1.82, 2.24) is 0 Å². The minimum Gasteiger partial charge on any atom is -0.465 e. The van der Waals surface area contributed by atoms with Crippen molar-refractivity contribution in [2.45, 2.75) is 39.2 Å². The molecule has 2 aliphatic carbocycles. The molecule has 0 saturated heterocycles. The third-order valence-corrected chi connectivity index (χ3v) is 5.03. The molecule has 0 atom stereocenters. The van der Waals surface area contributed by atoms with Gasteiger partial charge in [0, 0.05) is 6.61 Å². The molecule has 0 bridgehead atoms. The maximum absolute atomic E-state index is 12.3. The number of ether oxygens (including phenoxy) is 2. The lowest BCUT2D eigenvalue weighted by Crippen LogP contribution is -2.00. The molecule has 1 aromatic rings. The average Bonchev–Trinajstić information content (AvgIpc) is 2.89. The first kappa shape index (κ1) is 20.1. The summed E-state index contributed by atoms with van der Waals surface area (Å²) < 4.78 is 10.8. The number of aryl methyl sites for hydroxylation is 1. The molecule has 0 unspecified atom stereocenters. The first-order valence-corrected chi connectivity index (χ1v) is 9.85. The summed E-state index contributed by atoms with van der Waals surface area (Å²) in [7, 11) is 1.44. The molecule has 0 radical (unpaired) electrons. The van der Waals surface area contributed by atoms with Gasteiger partial charge in [-0.2, -0.15) is 0 Å².